The molecule has 1 fully saturated rings. The van der Waals surface area contributed by atoms with Crippen LogP contribution in [0.15, 0.2) is 48.2 Å². The number of alkyl halides is 3. The van der Waals surface area contributed by atoms with E-state index >= 15 is 0 Å². The molecule has 3 aromatic heterocycles. The average Bonchev–Trinajstić information content (AvgIpc) is 3.64. The zero-order chi connectivity index (χ0) is 28.6. The summed E-state index contributed by atoms with van der Waals surface area (Å²) in [5.74, 6) is -2.08. The molecule has 0 spiro atoms. The van der Waals surface area contributed by atoms with Gasteiger partial charge in [-0.3, -0.25) is 4.40 Å². The Bertz CT molecular complexity index is 1420. The molecular formula is C28H32F3N5O3S. The van der Waals surface area contributed by atoms with Gasteiger partial charge in [-0.15, -0.1) is 16.4 Å². The molecule has 0 aliphatic heterocycles. The topological polar surface area (TPSA) is 84.9 Å². The highest BCUT2D eigenvalue weighted by molar-refractivity contribution is 7.15. The van der Waals surface area contributed by atoms with Crippen molar-refractivity contribution in [1.82, 2.24) is 19.2 Å². The second kappa shape index (κ2) is 11.2. The summed E-state index contributed by atoms with van der Waals surface area (Å²) in [7, 11) is 0. The summed E-state index contributed by atoms with van der Waals surface area (Å²) in [6.45, 7) is 5.56. The van der Waals surface area contributed by atoms with E-state index in [1.165, 1.54) is 0 Å². The predicted octanol–water partition coefficient (Wildman–Crippen LogP) is 6.33. The maximum Gasteiger partial charge on any atom is 0.391 e. The Hall–Kier alpha value is -3.38. The summed E-state index contributed by atoms with van der Waals surface area (Å²) in [5, 5.41) is 18.1. The van der Waals surface area contributed by atoms with Crippen LogP contribution in [-0.4, -0.2) is 55.3 Å². The van der Waals surface area contributed by atoms with Crippen molar-refractivity contribution in [3.05, 3.63) is 53.8 Å². The second-order valence-electron chi connectivity index (χ2n) is 10.4. The zero-order valence-corrected chi connectivity index (χ0v) is 23.3. The summed E-state index contributed by atoms with van der Waals surface area (Å²) >= 11 is 1.55. The van der Waals surface area contributed by atoms with Gasteiger partial charge in [-0.1, -0.05) is 12.1 Å². The van der Waals surface area contributed by atoms with E-state index in [9.17, 15) is 23.1 Å². The fraction of sp³-hybridized carbons (Fsp3) is 0.464. The lowest BCUT2D eigenvalue weighted by Crippen LogP contribution is -2.47. The maximum atomic E-state index is 13.2. The highest BCUT2D eigenvalue weighted by Crippen LogP contribution is 2.42. The van der Waals surface area contributed by atoms with Crippen LogP contribution in [0.3, 0.4) is 0 Å². The molecule has 4 aromatic rings. The van der Waals surface area contributed by atoms with Crippen LogP contribution in [0, 0.1) is 11.8 Å². The molecule has 8 nitrogen and oxygen atoms in total. The molecule has 0 amide bonds. The molecule has 5 rings (SSSR count). The Kier molecular flexibility index (Phi) is 7.92. The Labute approximate surface area is 234 Å². The van der Waals surface area contributed by atoms with Gasteiger partial charge in [-0.05, 0) is 58.6 Å². The van der Waals surface area contributed by atoms with E-state index in [1.54, 1.807) is 34.0 Å². The number of benzene rings is 1. The van der Waals surface area contributed by atoms with Crippen molar-refractivity contribution in [2.75, 3.05) is 11.5 Å². The molecule has 40 heavy (non-hydrogen) atoms. The van der Waals surface area contributed by atoms with E-state index in [1.807, 2.05) is 60.3 Å². The van der Waals surface area contributed by atoms with Crippen LogP contribution in [0.5, 0.6) is 0 Å². The molecule has 1 aromatic carbocycles. The molecule has 1 aliphatic carbocycles. The number of esters is 1. The van der Waals surface area contributed by atoms with E-state index < -0.39 is 24.3 Å². The van der Waals surface area contributed by atoms with Crippen molar-refractivity contribution in [1.29, 1.82) is 0 Å². The number of aliphatic hydroxyl groups is 1. The molecule has 214 valence electrons. The van der Waals surface area contributed by atoms with Crippen LogP contribution in [-0.2, 0) is 4.74 Å². The van der Waals surface area contributed by atoms with E-state index in [-0.39, 0.29) is 55.6 Å². The lowest BCUT2D eigenvalue weighted by Gasteiger charge is -2.40. The molecule has 1 aliphatic rings. The molecular weight excluding hydrogens is 543 g/mol. The zero-order valence-electron chi connectivity index (χ0n) is 22.5. The first-order chi connectivity index (χ1) is 19.1. The van der Waals surface area contributed by atoms with Gasteiger partial charge < -0.3 is 14.7 Å². The van der Waals surface area contributed by atoms with Crippen molar-refractivity contribution in [2.24, 2.45) is 11.8 Å². The van der Waals surface area contributed by atoms with Gasteiger partial charge in [-0.25, -0.2) is 14.5 Å². The molecule has 1 saturated carbocycles. The van der Waals surface area contributed by atoms with Gasteiger partial charge in [0.15, 0.2) is 10.8 Å². The standard InChI is InChI=1S/C28H32F3N5O3S/c1-4-39-26(38)22-15-35(21-11-7-18(8-12-21)23-16-34-13-14-40-27(34)32-23)33-24(22)36(17(2)3)25(37)19-5-9-20(10-6-19)28(29,30)31/h7-8,11-17,19-20,25,37H,4-6,9-10H2,1-3H3. The van der Waals surface area contributed by atoms with Crippen LogP contribution in [0.4, 0.5) is 19.0 Å². The third-order valence-corrected chi connectivity index (χ3v) is 8.22. The lowest BCUT2D eigenvalue weighted by molar-refractivity contribution is -0.185. The molecule has 0 bridgehead atoms. The molecule has 3 heterocycles. The normalized spacial score (nSPS) is 18.8. The van der Waals surface area contributed by atoms with Crippen molar-refractivity contribution in [2.45, 2.75) is 64.9 Å². The first kappa shape index (κ1) is 28.2. The summed E-state index contributed by atoms with van der Waals surface area (Å²) in [6.07, 6.45) is 0.538. The van der Waals surface area contributed by atoms with Crippen molar-refractivity contribution in [3.8, 4) is 16.9 Å². The highest BCUT2D eigenvalue weighted by Gasteiger charge is 2.43. The number of carbonyl (C=O) groups is 1. The smallest absolute Gasteiger partial charge is 0.391 e. The number of aliphatic hydroxyl groups excluding tert-OH is 1. The number of imidazole rings is 1. The van der Waals surface area contributed by atoms with Crippen LogP contribution in [0.2, 0.25) is 0 Å². The number of anilines is 1. The third-order valence-electron chi connectivity index (χ3n) is 7.45. The average molecular weight is 576 g/mol. The van der Waals surface area contributed by atoms with Gasteiger partial charge in [0, 0.05) is 41.5 Å². The first-order valence-corrected chi connectivity index (χ1v) is 14.3. The third kappa shape index (κ3) is 5.60. The van der Waals surface area contributed by atoms with Crippen LogP contribution in [0.1, 0.15) is 56.8 Å². The number of ether oxygens (including phenoxy) is 1. The number of nitrogens with zero attached hydrogens (tertiary/aromatic N) is 5. The molecule has 1 atom stereocenters. The monoisotopic (exact) mass is 575 g/mol. The fourth-order valence-corrected chi connectivity index (χ4v) is 6.04. The van der Waals surface area contributed by atoms with Gasteiger partial charge >= 0.3 is 12.1 Å². The maximum absolute atomic E-state index is 13.2. The molecule has 0 saturated heterocycles. The van der Waals surface area contributed by atoms with Gasteiger partial charge in [0.25, 0.3) is 0 Å². The van der Waals surface area contributed by atoms with Crippen molar-refractivity contribution in [3.63, 3.8) is 0 Å². The number of fused-ring (bicyclic) bond motifs is 1. The van der Waals surface area contributed by atoms with E-state index in [2.05, 4.69) is 10.1 Å². The minimum Gasteiger partial charge on any atom is -0.462 e. The van der Waals surface area contributed by atoms with Crippen LogP contribution >= 0.6 is 11.3 Å². The minimum absolute atomic E-state index is 0.0304. The number of carbonyl (C=O) groups excluding carboxylic acids is 1. The first-order valence-electron chi connectivity index (χ1n) is 13.4. The van der Waals surface area contributed by atoms with Crippen molar-refractivity contribution >= 4 is 28.1 Å². The molecule has 1 unspecified atom stereocenters. The Morgan fingerprint density at radius 3 is 2.48 bits per heavy atom. The Morgan fingerprint density at radius 2 is 1.88 bits per heavy atom. The predicted molar refractivity (Wildman–Crippen MR) is 147 cm³/mol. The lowest BCUT2D eigenvalue weighted by atomic mass is 9.80. The summed E-state index contributed by atoms with van der Waals surface area (Å²) in [5.41, 5.74) is 2.62. The van der Waals surface area contributed by atoms with E-state index in [0.717, 1.165) is 16.2 Å². The van der Waals surface area contributed by atoms with Gasteiger partial charge in [0.1, 0.15) is 11.8 Å². The summed E-state index contributed by atoms with van der Waals surface area (Å²) < 4.78 is 48.4. The summed E-state index contributed by atoms with van der Waals surface area (Å²) in [4.78, 5) is 20.1. The molecule has 1 N–H and O–H groups in total. The van der Waals surface area contributed by atoms with Gasteiger partial charge in [0.2, 0.25) is 0 Å². The Balaban J connectivity index is 1.44. The summed E-state index contributed by atoms with van der Waals surface area (Å²) in [6, 6.07) is 7.28. The molecule has 0 radical (unpaired) electrons. The largest absolute Gasteiger partial charge is 0.462 e. The second-order valence-corrected chi connectivity index (χ2v) is 11.2. The highest BCUT2D eigenvalue weighted by atomic mass is 32.1. The quantitative estimate of drug-likeness (QED) is 0.195. The number of thiazole rings is 1. The SMILES string of the molecule is CCOC(=O)c1cn(-c2ccc(-c3cn4ccsc4n3)cc2)nc1N(C(C)C)C(O)C1CCC(C(F)(F)F)CC1. The molecule has 12 heteroatoms. The number of rotatable bonds is 8. The van der Waals surface area contributed by atoms with Crippen molar-refractivity contribution < 1.29 is 27.8 Å². The van der Waals surface area contributed by atoms with Crippen LogP contribution < -0.4 is 4.90 Å². The fourth-order valence-electron chi connectivity index (χ4n) is 5.34. The number of hydrogen-bond acceptors (Lipinski definition) is 7. The number of aromatic nitrogens is 4. The van der Waals surface area contributed by atoms with Crippen LogP contribution in [0.25, 0.3) is 21.9 Å². The Morgan fingerprint density at radius 1 is 1.18 bits per heavy atom. The number of halogens is 3. The van der Waals surface area contributed by atoms with E-state index in [0.29, 0.717) is 5.69 Å². The number of hydrogen-bond donors (Lipinski definition) is 1. The van der Waals surface area contributed by atoms with E-state index in [4.69, 9.17) is 4.74 Å². The van der Waals surface area contributed by atoms with Gasteiger partial charge in [0.05, 0.1) is 23.9 Å². The van der Waals surface area contributed by atoms with Gasteiger partial charge in [-0.2, -0.15) is 13.2 Å². The minimum atomic E-state index is -4.23.